The van der Waals surface area contributed by atoms with E-state index in [4.69, 9.17) is 20.9 Å². The van der Waals surface area contributed by atoms with Gasteiger partial charge in [0.15, 0.2) is 0 Å². The molecule has 1 saturated carbocycles. The first-order chi connectivity index (χ1) is 14.4. The van der Waals surface area contributed by atoms with Gasteiger partial charge in [-0.1, -0.05) is 28.9 Å². The highest BCUT2D eigenvalue weighted by Crippen LogP contribution is 2.36. The zero-order chi connectivity index (χ0) is 21.3. The predicted molar refractivity (Wildman–Crippen MR) is 112 cm³/mol. The van der Waals surface area contributed by atoms with Gasteiger partial charge in [-0.3, -0.25) is 10.1 Å². The second-order valence-electron chi connectivity index (χ2n) is 7.67. The van der Waals surface area contributed by atoms with E-state index in [2.05, 4.69) is 15.5 Å². The molecule has 1 aliphatic carbocycles. The van der Waals surface area contributed by atoms with E-state index in [1.165, 1.54) is 0 Å². The van der Waals surface area contributed by atoms with Crippen LogP contribution in [0.5, 0.6) is 5.75 Å². The first-order valence-electron chi connectivity index (χ1n) is 9.74. The van der Waals surface area contributed by atoms with Gasteiger partial charge in [0.05, 0.1) is 11.1 Å². The Morgan fingerprint density at radius 2 is 1.93 bits per heavy atom. The lowest BCUT2D eigenvalue weighted by Crippen LogP contribution is -2.38. The largest absolute Gasteiger partial charge is 0.489 e. The molecule has 0 aliphatic heterocycles. The van der Waals surface area contributed by atoms with Crippen LogP contribution in [0.1, 0.15) is 32.3 Å². The molecule has 0 spiro atoms. The van der Waals surface area contributed by atoms with Crippen LogP contribution in [0.4, 0.5) is 0 Å². The number of carbonyl (C=O) groups is 1. The first kappa shape index (κ1) is 20.4. The highest BCUT2D eigenvalue weighted by atomic mass is 35.5. The minimum Gasteiger partial charge on any atom is -0.489 e. The lowest BCUT2D eigenvalue weighted by molar-refractivity contribution is -0.140. The first-order valence-corrected chi connectivity index (χ1v) is 10.1. The molecule has 1 aliphatic rings. The molecule has 156 valence electrons. The van der Waals surface area contributed by atoms with Crippen molar-refractivity contribution in [1.82, 2.24) is 15.5 Å². The molecule has 0 bridgehead atoms. The highest BCUT2D eigenvalue weighted by molar-refractivity contribution is 6.32. The van der Waals surface area contributed by atoms with E-state index in [1.807, 2.05) is 44.2 Å². The minimum absolute atomic E-state index is 0.0298. The molecular formula is C22H22ClN3O4. The maximum Gasteiger partial charge on any atom is 0.323 e. The van der Waals surface area contributed by atoms with Gasteiger partial charge in [-0.05, 0) is 62.6 Å². The summed E-state index contributed by atoms with van der Waals surface area (Å²) < 4.78 is 11.1. The summed E-state index contributed by atoms with van der Waals surface area (Å²) in [5.74, 6) is 0.652. The van der Waals surface area contributed by atoms with E-state index < -0.39 is 11.5 Å². The molecule has 1 fully saturated rings. The van der Waals surface area contributed by atoms with E-state index in [-0.39, 0.29) is 6.10 Å². The Balaban J connectivity index is 1.45. The van der Waals surface area contributed by atoms with Crippen LogP contribution in [-0.4, -0.2) is 32.9 Å². The van der Waals surface area contributed by atoms with Crippen LogP contribution in [0.15, 0.2) is 47.0 Å². The van der Waals surface area contributed by atoms with Gasteiger partial charge < -0.3 is 14.4 Å². The molecule has 0 amide bonds. The molecule has 30 heavy (non-hydrogen) atoms. The lowest BCUT2D eigenvalue weighted by Gasteiger charge is -2.12. The van der Waals surface area contributed by atoms with Crippen molar-refractivity contribution in [3.05, 3.63) is 53.1 Å². The lowest BCUT2D eigenvalue weighted by atomic mass is 10.1. The number of ether oxygens (including phenoxy) is 1. The van der Waals surface area contributed by atoms with E-state index in [0.29, 0.717) is 41.9 Å². The number of aromatic nitrogens is 2. The molecular weight excluding hydrogens is 406 g/mol. The number of nitrogens with one attached hydrogen (secondary N) is 1. The third kappa shape index (κ3) is 4.32. The van der Waals surface area contributed by atoms with E-state index in [0.717, 1.165) is 16.7 Å². The Hall–Kier alpha value is -2.90. The average molecular weight is 428 g/mol. The molecule has 3 aromatic rings. The molecule has 0 unspecified atom stereocenters. The van der Waals surface area contributed by atoms with E-state index in [1.54, 1.807) is 12.1 Å². The van der Waals surface area contributed by atoms with Gasteiger partial charge in [-0.25, -0.2) is 0 Å². The van der Waals surface area contributed by atoms with E-state index >= 15 is 0 Å². The summed E-state index contributed by atoms with van der Waals surface area (Å²) in [7, 11) is 0. The second-order valence-corrected chi connectivity index (χ2v) is 8.08. The summed E-state index contributed by atoms with van der Waals surface area (Å²) in [6.45, 7) is 4.37. The Morgan fingerprint density at radius 1 is 1.23 bits per heavy atom. The molecule has 1 heterocycles. The number of carboxylic acid groups (broad SMARTS) is 1. The summed E-state index contributed by atoms with van der Waals surface area (Å²) in [6, 6.07) is 13.0. The Labute approximate surface area is 179 Å². The van der Waals surface area contributed by atoms with Gasteiger partial charge in [0.1, 0.15) is 11.3 Å². The molecule has 0 saturated heterocycles. The SMILES string of the molecule is CC(C)Oc1ccc(-c2noc(-c3ccc(CNC4(C(=O)O)CC4)cc3)n2)cc1Cl. The fourth-order valence-electron chi connectivity index (χ4n) is 3.08. The van der Waals surface area contributed by atoms with Crippen molar-refractivity contribution in [1.29, 1.82) is 0 Å². The summed E-state index contributed by atoms with van der Waals surface area (Å²) in [5, 5.41) is 16.9. The summed E-state index contributed by atoms with van der Waals surface area (Å²) in [5.41, 5.74) is 1.74. The number of carboxylic acids is 1. The van der Waals surface area contributed by atoms with Crippen LogP contribution in [-0.2, 0) is 11.3 Å². The van der Waals surface area contributed by atoms with Crippen LogP contribution in [0.2, 0.25) is 5.02 Å². The summed E-state index contributed by atoms with van der Waals surface area (Å²) in [6.07, 6.45) is 1.36. The zero-order valence-corrected chi connectivity index (χ0v) is 17.4. The third-order valence-corrected chi connectivity index (χ3v) is 5.27. The molecule has 2 N–H and O–H groups in total. The van der Waals surface area contributed by atoms with Crippen LogP contribution in [0, 0.1) is 0 Å². The predicted octanol–water partition coefficient (Wildman–Crippen LogP) is 4.55. The molecule has 0 atom stereocenters. The molecule has 8 heteroatoms. The molecule has 2 aromatic carbocycles. The van der Waals surface area contributed by atoms with Crippen molar-refractivity contribution in [3.8, 4) is 28.6 Å². The van der Waals surface area contributed by atoms with Crippen molar-refractivity contribution in [3.63, 3.8) is 0 Å². The fraction of sp³-hybridized carbons (Fsp3) is 0.318. The van der Waals surface area contributed by atoms with Crippen LogP contribution >= 0.6 is 11.6 Å². The maximum absolute atomic E-state index is 11.2. The van der Waals surface area contributed by atoms with Crippen LogP contribution in [0.25, 0.3) is 22.8 Å². The van der Waals surface area contributed by atoms with Gasteiger partial charge in [0, 0.05) is 17.7 Å². The van der Waals surface area contributed by atoms with Crippen molar-refractivity contribution < 1.29 is 19.2 Å². The zero-order valence-electron chi connectivity index (χ0n) is 16.7. The standard InChI is InChI=1S/C22H22ClN3O4/c1-13(2)29-18-8-7-16(11-17(18)23)19-25-20(30-26-19)15-5-3-14(4-6-15)12-24-22(9-10-22)21(27)28/h3-8,11,13,24H,9-10,12H2,1-2H3,(H,27,28). The third-order valence-electron chi connectivity index (χ3n) is 4.97. The van der Waals surface area contributed by atoms with Crippen molar-refractivity contribution in [2.75, 3.05) is 0 Å². The Kier molecular flexibility index (Phi) is 5.49. The number of nitrogens with zero attached hydrogens (tertiary/aromatic N) is 2. The van der Waals surface area contributed by atoms with Crippen molar-refractivity contribution in [2.45, 2.75) is 44.9 Å². The van der Waals surface area contributed by atoms with Gasteiger partial charge in [-0.15, -0.1) is 0 Å². The number of hydrogen-bond acceptors (Lipinski definition) is 6. The minimum atomic E-state index is -0.790. The fourth-order valence-corrected chi connectivity index (χ4v) is 3.30. The van der Waals surface area contributed by atoms with Crippen LogP contribution in [0.3, 0.4) is 0 Å². The number of hydrogen-bond donors (Lipinski definition) is 2. The number of aliphatic carboxylic acids is 1. The Bertz CT molecular complexity index is 1060. The van der Waals surface area contributed by atoms with Gasteiger partial charge in [0.2, 0.25) is 5.82 Å². The highest BCUT2D eigenvalue weighted by Gasteiger charge is 2.49. The number of benzene rings is 2. The van der Waals surface area contributed by atoms with Gasteiger partial charge in [0.25, 0.3) is 5.89 Å². The average Bonchev–Trinajstić information content (AvgIpc) is 3.36. The van der Waals surface area contributed by atoms with Crippen LogP contribution < -0.4 is 10.1 Å². The summed E-state index contributed by atoms with van der Waals surface area (Å²) >= 11 is 6.30. The van der Waals surface area contributed by atoms with Crippen molar-refractivity contribution >= 4 is 17.6 Å². The molecule has 4 rings (SSSR count). The van der Waals surface area contributed by atoms with E-state index in [9.17, 15) is 9.90 Å². The second kappa shape index (κ2) is 8.08. The maximum atomic E-state index is 11.2. The molecule has 1 aromatic heterocycles. The monoisotopic (exact) mass is 427 g/mol. The number of rotatable bonds is 8. The number of halogens is 1. The topological polar surface area (TPSA) is 97.5 Å². The smallest absolute Gasteiger partial charge is 0.323 e. The molecule has 7 nitrogen and oxygen atoms in total. The summed E-state index contributed by atoms with van der Waals surface area (Å²) in [4.78, 5) is 15.7. The normalized spacial score (nSPS) is 14.7. The van der Waals surface area contributed by atoms with Crippen molar-refractivity contribution in [2.24, 2.45) is 0 Å². The quantitative estimate of drug-likeness (QED) is 0.544. The van der Waals surface area contributed by atoms with Gasteiger partial charge in [-0.2, -0.15) is 4.98 Å². The van der Waals surface area contributed by atoms with Gasteiger partial charge >= 0.3 is 5.97 Å². The Morgan fingerprint density at radius 3 is 2.53 bits per heavy atom. The molecule has 0 radical (unpaired) electrons.